The fraction of sp³-hybridized carbons (Fsp3) is 0.333. The first kappa shape index (κ1) is 13.9. The monoisotopic (exact) mass is 305 g/mol. The van der Waals surface area contributed by atoms with E-state index in [-0.39, 0.29) is 11.5 Å². The molecule has 1 amide bonds. The number of H-pyrrole nitrogens is 1. The second kappa shape index (κ2) is 5.41. The van der Waals surface area contributed by atoms with Crippen molar-refractivity contribution in [2.45, 2.75) is 25.3 Å². The molecule has 6 heteroatoms. The lowest BCUT2D eigenvalue weighted by molar-refractivity contribution is -0.131. The largest absolute Gasteiger partial charge is 0.336 e. The van der Waals surface area contributed by atoms with Gasteiger partial charge in [0, 0.05) is 18.7 Å². The van der Waals surface area contributed by atoms with Crippen LogP contribution in [0.2, 0.25) is 0 Å². The van der Waals surface area contributed by atoms with Crippen molar-refractivity contribution < 1.29 is 4.79 Å². The standard InChI is InChI=1S/C15H16ClN3O2/c1-10(16)14(20)18-8-7-13-12(9-18)15(21)19(17-13)11-5-3-2-4-6-11/h2-6,10,17H,7-9H2,1H3. The van der Waals surface area contributed by atoms with E-state index in [4.69, 9.17) is 11.6 Å². The number of aromatic nitrogens is 2. The zero-order valence-corrected chi connectivity index (χ0v) is 12.4. The van der Waals surface area contributed by atoms with E-state index < -0.39 is 5.38 Å². The molecule has 0 aliphatic carbocycles. The lowest BCUT2D eigenvalue weighted by Gasteiger charge is -2.26. The summed E-state index contributed by atoms with van der Waals surface area (Å²) in [5.41, 5.74) is 2.24. The van der Waals surface area contributed by atoms with Gasteiger partial charge in [-0.3, -0.25) is 14.7 Å². The van der Waals surface area contributed by atoms with Crippen LogP contribution in [-0.4, -0.2) is 32.5 Å². The second-order valence-corrected chi connectivity index (χ2v) is 5.83. The van der Waals surface area contributed by atoms with Crippen molar-refractivity contribution in [3.05, 3.63) is 51.9 Å². The summed E-state index contributed by atoms with van der Waals surface area (Å²) in [6.07, 6.45) is 0.639. The number of amides is 1. The predicted molar refractivity (Wildman–Crippen MR) is 80.8 cm³/mol. The van der Waals surface area contributed by atoms with Crippen molar-refractivity contribution in [1.29, 1.82) is 0 Å². The molecule has 0 spiro atoms. The minimum Gasteiger partial charge on any atom is -0.336 e. The predicted octanol–water partition coefficient (Wildman–Crippen LogP) is 1.68. The minimum absolute atomic E-state index is 0.101. The molecule has 1 aliphatic heterocycles. The van der Waals surface area contributed by atoms with E-state index in [0.717, 1.165) is 11.4 Å². The second-order valence-electron chi connectivity index (χ2n) is 5.17. The summed E-state index contributed by atoms with van der Waals surface area (Å²) in [5.74, 6) is -0.130. The van der Waals surface area contributed by atoms with Crippen LogP contribution < -0.4 is 5.56 Å². The van der Waals surface area contributed by atoms with E-state index >= 15 is 0 Å². The van der Waals surface area contributed by atoms with Gasteiger partial charge in [-0.2, -0.15) is 0 Å². The maximum absolute atomic E-state index is 12.5. The number of carbonyl (C=O) groups excluding carboxylic acids is 1. The van der Waals surface area contributed by atoms with Crippen LogP contribution in [0, 0.1) is 0 Å². The van der Waals surface area contributed by atoms with E-state index in [2.05, 4.69) is 5.10 Å². The first-order chi connectivity index (χ1) is 10.1. The normalized spacial score (nSPS) is 15.6. The Hall–Kier alpha value is -2.01. The Bertz CT molecular complexity index is 718. The van der Waals surface area contributed by atoms with Crippen molar-refractivity contribution in [3.63, 3.8) is 0 Å². The van der Waals surface area contributed by atoms with Gasteiger partial charge in [-0.15, -0.1) is 11.6 Å². The van der Waals surface area contributed by atoms with Crippen LogP contribution in [0.5, 0.6) is 0 Å². The summed E-state index contributed by atoms with van der Waals surface area (Å²) in [7, 11) is 0. The number of benzene rings is 1. The number of para-hydroxylation sites is 1. The van der Waals surface area contributed by atoms with Crippen molar-refractivity contribution in [3.8, 4) is 5.69 Å². The fourth-order valence-electron chi connectivity index (χ4n) is 2.60. The lowest BCUT2D eigenvalue weighted by atomic mass is 10.1. The zero-order valence-electron chi connectivity index (χ0n) is 11.7. The molecule has 2 aromatic rings. The first-order valence-corrected chi connectivity index (χ1v) is 7.32. The van der Waals surface area contributed by atoms with E-state index in [0.29, 0.717) is 25.1 Å². The average Bonchev–Trinajstić information content (AvgIpc) is 2.84. The third-order valence-electron chi connectivity index (χ3n) is 3.72. The van der Waals surface area contributed by atoms with Gasteiger partial charge in [0.15, 0.2) is 0 Å². The molecule has 1 aliphatic rings. The van der Waals surface area contributed by atoms with Gasteiger partial charge < -0.3 is 4.90 Å². The molecule has 0 bridgehead atoms. The highest BCUT2D eigenvalue weighted by atomic mass is 35.5. The van der Waals surface area contributed by atoms with Crippen LogP contribution in [0.4, 0.5) is 0 Å². The van der Waals surface area contributed by atoms with Gasteiger partial charge in [-0.05, 0) is 19.1 Å². The summed E-state index contributed by atoms with van der Waals surface area (Å²) >= 11 is 5.85. The molecule has 1 aromatic carbocycles. The number of hydrogen-bond acceptors (Lipinski definition) is 2. The SMILES string of the molecule is CC(Cl)C(=O)N1CCc2[nH]n(-c3ccccc3)c(=O)c2C1. The molecule has 1 unspecified atom stereocenters. The molecule has 21 heavy (non-hydrogen) atoms. The van der Waals surface area contributed by atoms with Crippen LogP contribution in [0.15, 0.2) is 35.1 Å². The molecule has 110 valence electrons. The van der Waals surface area contributed by atoms with Gasteiger partial charge in [0.05, 0.1) is 17.8 Å². The molecule has 0 fully saturated rings. The van der Waals surface area contributed by atoms with Crippen molar-refractivity contribution in [1.82, 2.24) is 14.7 Å². The molecule has 2 heterocycles. The zero-order chi connectivity index (χ0) is 15.0. The summed E-state index contributed by atoms with van der Waals surface area (Å²) in [6, 6.07) is 9.40. The van der Waals surface area contributed by atoms with Gasteiger partial charge in [0.25, 0.3) is 5.56 Å². The van der Waals surface area contributed by atoms with Crippen LogP contribution in [0.1, 0.15) is 18.2 Å². The average molecular weight is 306 g/mol. The highest BCUT2D eigenvalue weighted by Crippen LogP contribution is 2.17. The number of nitrogens with one attached hydrogen (secondary N) is 1. The molecule has 0 radical (unpaired) electrons. The molecule has 5 nitrogen and oxygen atoms in total. The topological polar surface area (TPSA) is 58.1 Å². The maximum atomic E-state index is 12.5. The van der Waals surface area contributed by atoms with Crippen LogP contribution in [-0.2, 0) is 17.8 Å². The summed E-state index contributed by atoms with van der Waals surface area (Å²) in [4.78, 5) is 26.1. The number of fused-ring (bicyclic) bond motifs is 1. The Labute approximate surface area is 127 Å². The van der Waals surface area contributed by atoms with Crippen molar-refractivity contribution in [2.75, 3.05) is 6.54 Å². The Kier molecular flexibility index (Phi) is 3.59. The number of halogens is 1. The number of carbonyl (C=O) groups is 1. The number of nitrogens with zero attached hydrogens (tertiary/aromatic N) is 2. The van der Waals surface area contributed by atoms with E-state index in [1.165, 1.54) is 4.68 Å². The van der Waals surface area contributed by atoms with Gasteiger partial charge in [0.2, 0.25) is 5.91 Å². The number of hydrogen-bond donors (Lipinski definition) is 1. The quantitative estimate of drug-likeness (QED) is 0.858. The Morgan fingerprint density at radius 1 is 1.33 bits per heavy atom. The van der Waals surface area contributed by atoms with Crippen LogP contribution >= 0.6 is 11.6 Å². The first-order valence-electron chi connectivity index (χ1n) is 6.89. The molecule has 1 N–H and O–H groups in total. The third kappa shape index (κ3) is 2.49. The Morgan fingerprint density at radius 3 is 2.71 bits per heavy atom. The van der Waals surface area contributed by atoms with Crippen LogP contribution in [0.3, 0.4) is 0 Å². The molecule has 0 saturated heterocycles. The third-order valence-corrected chi connectivity index (χ3v) is 3.91. The molecular weight excluding hydrogens is 290 g/mol. The smallest absolute Gasteiger partial charge is 0.276 e. The van der Waals surface area contributed by atoms with Crippen LogP contribution in [0.25, 0.3) is 5.69 Å². The van der Waals surface area contributed by atoms with E-state index in [1.54, 1.807) is 11.8 Å². The fourth-order valence-corrected chi connectivity index (χ4v) is 2.74. The summed E-state index contributed by atoms with van der Waals surface area (Å²) in [5, 5.41) is 2.57. The molecule has 0 saturated carbocycles. The summed E-state index contributed by atoms with van der Waals surface area (Å²) in [6.45, 7) is 2.55. The molecular formula is C15H16ClN3O2. The molecule has 1 aromatic heterocycles. The highest BCUT2D eigenvalue weighted by Gasteiger charge is 2.27. The van der Waals surface area contributed by atoms with Gasteiger partial charge in [-0.25, -0.2) is 4.68 Å². The van der Waals surface area contributed by atoms with Gasteiger partial charge in [0.1, 0.15) is 5.38 Å². The van der Waals surface area contributed by atoms with Crippen molar-refractivity contribution in [2.24, 2.45) is 0 Å². The van der Waals surface area contributed by atoms with Gasteiger partial charge in [-0.1, -0.05) is 18.2 Å². The Balaban J connectivity index is 1.96. The number of aromatic amines is 1. The minimum atomic E-state index is -0.568. The van der Waals surface area contributed by atoms with Crippen molar-refractivity contribution >= 4 is 17.5 Å². The van der Waals surface area contributed by atoms with E-state index in [1.807, 2.05) is 30.3 Å². The number of alkyl halides is 1. The Morgan fingerprint density at radius 2 is 2.05 bits per heavy atom. The number of rotatable bonds is 2. The maximum Gasteiger partial charge on any atom is 0.276 e. The van der Waals surface area contributed by atoms with Gasteiger partial charge >= 0.3 is 0 Å². The summed E-state index contributed by atoms with van der Waals surface area (Å²) < 4.78 is 1.53. The molecule has 3 rings (SSSR count). The molecule has 1 atom stereocenters. The van der Waals surface area contributed by atoms with E-state index in [9.17, 15) is 9.59 Å². The highest BCUT2D eigenvalue weighted by molar-refractivity contribution is 6.30. The lowest BCUT2D eigenvalue weighted by Crippen LogP contribution is -2.40.